The van der Waals surface area contributed by atoms with Gasteiger partial charge in [-0.1, -0.05) is 55.8 Å². The van der Waals surface area contributed by atoms with Crippen LogP contribution in [-0.4, -0.2) is 6.54 Å². The SMILES string of the molecule is CCCNC(c1cc(Cl)c(Br)s1)C(C)c1ccccc1. The van der Waals surface area contributed by atoms with Crippen molar-refractivity contribution in [2.75, 3.05) is 6.54 Å². The van der Waals surface area contributed by atoms with Crippen LogP contribution in [0.5, 0.6) is 0 Å². The van der Waals surface area contributed by atoms with Gasteiger partial charge >= 0.3 is 0 Å². The Hall–Kier alpha value is -0.350. The summed E-state index contributed by atoms with van der Waals surface area (Å²) in [6, 6.07) is 13.0. The lowest BCUT2D eigenvalue weighted by Gasteiger charge is -2.24. The molecule has 1 nitrogen and oxygen atoms in total. The maximum absolute atomic E-state index is 6.19. The summed E-state index contributed by atoms with van der Waals surface area (Å²) in [6.45, 7) is 5.47. The van der Waals surface area contributed by atoms with Crippen LogP contribution in [0.25, 0.3) is 0 Å². The fraction of sp³-hybridized carbons (Fsp3) is 0.375. The van der Waals surface area contributed by atoms with Gasteiger partial charge in [0, 0.05) is 16.8 Å². The number of nitrogens with one attached hydrogen (secondary N) is 1. The minimum atomic E-state index is 0.297. The van der Waals surface area contributed by atoms with E-state index in [0.29, 0.717) is 12.0 Å². The van der Waals surface area contributed by atoms with E-state index in [1.54, 1.807) is 11.3 Å². The molecule has 0 spiro atoms. The summed E-state index contributed by atoms with van der Waals surface area (Å²) in [5.41, 5.74) is 1.35. The van der Waals surface area contributed by atoms with Gasteiger partial charge in [0.1, 0.15) is 0 Å². The molecule has 2 aromatic rings. The van der Waals surface area contributed by atoms with Crippen LogP contribution < -0.4 is 5.32 Å². The third-order valence-corrected chi connectivity index (χ3v) is 5.97. The van der Waals surface area contributed by atoms with Gasteiger partial charge in [-0.25, -0.2) is 0 Å². The second-order valence-corrected chi connectivity index (χ2v) is 7.71. The summed E-state index contributed by atoms with van der Waals surface area (Å²) in [5, 5.41) is 4.46. The van der Waals surface area contributed by atoms with Crippen LogP contribution in [0.3, 0.4) is 0 Å². The van der Waals surface area contributed by atoms with E-state index in [9.17, 15) is 0 Å². The molecule has 0 aliphatic heterocycles. The Morgan fingerprint density at radius 1 is 1.30 bits per heavy atom. The van der Waals surface area contributed by atoms with Crippen LogP contribution in [0.1, 0.15) is 42.7 Å². The normalized spacial score (nSPS) is 14.2. The van der Waals surface area contributed by atoms with Crippen molar-refractivity contribution in [3.8, 4) is 0 Å². The van der Waals surface area contributed by atoms with E-state index in [1.165, 1.54) is 10.4 Å². The quantitative estimate of drug-likeness (QED) is 0.655. The average molecular weight is 373 g/mol. The third kappa shape index (κ3) is 3.85. The molecule has 20 heavy (non-hydrogen) atoms. The van der Waals surface area contributed by atoms with Crippen molar-refractivity contribution in [1.82, 2.24) is 5.32 Å². The van der Waals surface area contributed by atoms with Crippen molar-refractivity contribution in [3.05, 3.63) is 55.6 Å². The molecule has 0 bridgehead atoms. The van der Waals surface area contributed by atoms with Gasteiger partial charge in [-0.3, -0.25) is 0 Å². The maximum atomic E-state index is 6.19. The van der Waals surface area contributed by atoms with Crippen LogP contribution >= 0.6 is 38.9 Å². The van der Waals surface area contributed by atoms with E-state index in [4.69, 9.17) is 11.6 Å². The number of benzene rings is 1. The molecule has 0 saturated heterocycles. The van der Waals surface area contributed by atoms with Crippen molar-refractivity contribution in [2.45, 2.75) is 32.2 Å². The zero-order chi connectivity index (χ0) is 14.5. The Morgan fingerprint density at radius 3 is 2.55 bits per heavy atom. The molecule has 2 rings (SSSR count). The van der Waals surface area contributed by atoms with E-state index in [1.807, 2.05) is 0 Å². The van der Waals surface area contributed by atoms with E-state index in [2.05, 4.69) is 71.5 Å². The number of halogens is 2. The fourth-order valence-electron chi connectivity index (χ4n) is 2.29. The van der Waals surface area contributed by atoms with E-state index in [-0.39, 0.29) is 0 Å². The smallest absolute Gasteiger partial charge is 0.0888 e. The third-order valence-electron chi connectivity index (χ3n) is 3.41. The van der Waals surface area contributed by atoms with E-state index in [0.717, 1.165) is 21.8 Å². The second kappa shape index (κ2) is 7.60. The molecule has 2 unspecified atom stereocenters. The highest BCUT2D eigenvalue weighted by atomic mass is 79.9. The first-order chi connectivity index (χ1) is 9.63. The minimum absolute atomic E-state index is 0.297. The first-order valence-electron chi connectivity index (χ1n) is 6.86. The van der Waals surface area contributed by atoms with Gasteiger partial charge in [-0.2, -0.15) is 0 Å². The predicted octanol–water partition coefficient (Wildman–Crippen LogP) is 6.01. The molecule has 0 aliphatic rings. The molecule has 1 heterocycles. The highest BCUT2D eigenvalue weighted by molar-refractivity contribution is 9.11. The molecule has 4 heteroatoms. The summed E-state index contributed by atoms with van der Waals surface area (Å²) in [4.78, 5) is 1.28. The molecule has 0 saturated carbocycles. The molecule has 1 aromatic carbocycles. The summed E-state index contributed by atoms with van der Waals surface area (Å²) >= 11 is 11.4. The van der Waals surface area contributed by atoms with Gasteiger partial charge in [-0.15, -0.1) is 11.3 Å². The summed E-state index contributed by atoms with van der Waals surface area (Å²) in [6.07, 6.45) is 1.12. The lowest BCUT2D eigenvalue weighted by atomic mass is 9.92. The Balaban J connectivity index is 2.27. The minimum Gasteiger partial charge on any atom is -0.309 e. The molecule has 0 fully saturated rings. The van der Waals surface area contributed by atoms with Crippen molar-refractivity contribution in [2.24, 2.45) is 0 Å². The molecular formula is C16H19BrClNS. The topological polar surface area (TPSA) is 12.0 Å². The van der Waals surface area contributed by atoms with Gasteiger partial charge in [0.05, 0.1) is 8.81 Å². The Morgan fingerprint density at radius 2 is 2.00 bits per heavy atom. The van der Waals surface area contributed by atoms with Crippen LogP contribution in [0, 0.1) is 0 Å². The molecular weight excluding hydrogens is 354 g/mol. The van der Waals surface area contributed by atoms with Gasteiger partial charge in [-0.05, 0) is 40.5 Å². The van der Waals surface area contributed by atoms with Crippen LogP contribution in [0.2, 0.25) is 5.02 Å². The van der Waals surface area contributed by atoms with Crippen molar-refractivity contribution >= 4 is 38.9 Å². The summed E-state index contributed by atoms with van der Waals surface area (Å²) in [5.74, 6) is 0.407. The van der Waals surface area contributed by atoms with E-state index >= 15 is 0 Å². The number of thiophene rings is 1. The highest BCUT2D eigenvalue weighted by Gasteiger charge is 2.22. The number of rotatable bonds is 6. The van der Waals surface area contributed by atoms with Crippen LogP contribution in [0.15, 0.2) is 40.2 Å². The average Bonchev–Trinajstić information content (AvgIpc) is 2.79. The van der Waals surface area contributed by atoms with Crippen LogP contribution in [0.4, 0.5) is 0 Å². The molecule has 0 aliphatic carbocycles. The maximum Gasteiger partial charge on any atom is 0.0888 e. The van der Waals surface area contributed by atoms with Crippen molar-refractivity contribution in [1.29, 1.82) is 0 Å². The van der Waals surface area contributed by atoms with Gasteiger partial charge in [0.25, 0.3) is 0 Å². The standard InChI is InChI=1S/C16H19BrClNS/c1-3-9-19-15(14-10-13(18)16(17)20-14)11(2)12-7-5-4-6-8-12/h4-8,10-11,15,19H,3,9H2,1-2H3. The Bertz CT molecular complexity index is 521. The van der Waals surface area contributed by atoms with Gasteiger partial charge in [0.2, 0.25) is 0 Å². The lowest BCUT2D eigenvalue weighted by Crippen LogP contribution is -2.26. The lowest BCUT2D eigenvalue weighted by molar-refractivity contribution is 0.473. The molecule has 0 amide bonds. The first kappa shape index (κ1) is 16.0. The Labute approximate surface area is 138 Å². The zero-order valence-corrected chi connectivity index (χ0v) is 14.9. The first-order valence-corrected chi connectivity index (χ1v) is 8.85. The second-order valence-electron chi connectivity index (χ2n) is 4.90. The molecule has 108 valence electrons. The zero-order valence-electron chi connectivity index (χ0n) is 11.7. The largest absolute Gasteiger partial charge is 0.309 e. The fourth-order valence-corrected chi connectivity index (χ4v) is 4.22. The highest BCUT2D eigenvalue weighted by Crippen LogP contribution is 2.40. The number of hydrogen-bond acceptors (Lipinski definition) is 2. The van der Waals surface area contributed by atoms with Crippen LogP contribution in [-0.2, 0) is 0 Å². The van der Waals surface area contributed by atoms with Crippen molar-refractivity contribution < 1.29 is 0 Å². The summed E-state index contributed by atoms with van der Waals surface area (Å²) in [7, 11) is 0. The molecule has 2 atom stereocenters. The monoisotopic (exact) mass is 371 g/mol. The number of hydrogen-bond donors (Lipinski definition) is 1. The van der Waals surface area contributed by atoms with Gasteiger partial charge in [0.15, 0.2) is 0 Å². The summed E-state index contributed by atoms with van der Waals surface area (Å²) < 4.78 is 1.01. The molecule has 1 aromatic heterocycles. The molecule has 0 radical (unpaired) electrons. The van der Waals surface area contributed by atoms with Crippen molar-refractivity contribution in [3.63, 3.8) is 0 Å². The van der Waals surface area contributed by atoms with Gasteiger partial charge < -0.3 is 5.32 Å². The van der Waals surface area contributed by atoms with E-state index < -0.39 is 0 Å². The Kier molecular flexibility index (Phi) is 6.09. The predicted molar refractivity (Wildman–Crippen MR) is 92.9 cm³/mol. The molecule has 1 N–H and O–H groups in total.